The molecule has 1 unspecified atom stereocenters. The predicted octanol–water partition coefficient (Wildman–Crippen LogP) is 3.15. The maximum absolute atomic E-state index is 5.93. The maximum atomic E-state index is 5.93. The molecule has 1 saturated heterocycles. The summed E-state index contributed by atoms with van der Waals surface area (Å²) in [6.07, 6.45) is 6.48. The first kappa shape index (κ1) is 19.9. The Morgan fingerprint density at radius 1 is 1.33 bits per heavy atom. The third-order valence-corrected chi connectivity index (χ3v) is 6.14. The average molecular weight is 390 g/mol. The second kappa shape index (κ2) is 9.90. The van der Waals surface area contributed by atoms with Gasteiger partial charge in [-0.3, -0.25) is 9.89 Å². The molecule has 3 heterocycles. The number of nitrogens with one attached hydrogen (secondary N) is 2. The molecule has 0 saturated carbocycles. The number of hydrogen-bond acceptors (Lipinski definition) is 5. The molecule has 2 aromatic rings. The van der Waals surface area contributed by atoms with Gasteiger partial charge in [-0.25, -0.2) is 4.98 Å². The van der Waals surface area contributed by atoms with Crippen LogP contribution in [-0.4, -0.2) is 49.1 Å². The molecule has 2 aromatic heterocycles. The molecule has 0 bridgehead atoms. The normalized spacial score (nSPS) is 16.6. The topological polar surface area (TPSA) is 65.7 Å². The Labute approximate surface area is 166 Å². The van der Waals surface area contributed by atoms with E-state index in [0.717, 1.165) is 56.5 Å². The molecule has 3 rings (SSSR count). The SMILES string of the molecule is CCc1cnc(CCNC(=NC)NCC(c2ccc(C)o2)N2CCCC2)s1. The van der Waals surface area contributed by atoms with Gasteiger partial charge in [-0.1, -0.05) is 6.92 Å². The van der Waals surface area contributed by atoms with Crippen molar-refractivity contribution < 1.29 is 4.42 Å². The number of thiazole rings is 1. The highest BCUT2D eigenvalue weighted by Gasteiger charge is 2.26. The zero-order valence-corrected chi connectivity index (χ0v) is 17.4. The van der Waals surface area contributed by atoms with Crippen LogP contribution in [0.1, 0.15) is 47.2 Å². The summed E-state index contributed by atoms with van der Waals surface area (Å²) < 4.78 is 5.93. The molecule has 0 aliphatic carbocycles. The number of nitrogens with zero attached hydrogens (tertiary/aromatic N) is 3. The molecule has 2 N–H and O–H groups in total. The summed E-state index contributed by atoms with van der Waals surface area (Å²) in [6.45, 7) is 8.03. The monoisotopic (exact) mass is 389 g/mol. The van der Waals surface area contributed by atoms with Gasteiger partial charge >= 0.3 is 0 Å². The van der Waals surface area contributed by atoms with E-state index in [1.165, 1.54) is 22.7 Å². The van der Waals surface area contributed by atoms with E-state index in [1.54, 1.807) is 11.3 Å². The van der Waals surface area contributed by atoms with E-state index in [-0.39, 0.29) is 6.04 Å². The van der Waals surface area contributed by atoms with E-state index in [1.807, 2.05) is 26.2 Å². The highest BCUT2D eigenvalue weighted by molar-refractivity contribution is 7.11. The summed E-state index contributed by atoms with van der Waals surface area (Å²) in [5.41, 5.74) is 0. The molecule has 148 valence electrons. The van der Waals surface area contributed by atoms with Crippen LogP contribution < -0.4 is 10.6 Å². The summed E-state index contributed by atoms with van der Waals surface area (Å²) in [5.74, 6) is 2.83. The number of likely N-dealkylation sites (tertiary alicyclic amines) is 1. The van der Waals surface area contributed by atoms with Crippen molar-refractivity contribution in [1.29, 1.82) is 0 Å². The fourth-order valence-electron chi connectivity index (χ4n) is 3.42. The highest BCUT2D eigenvalue weighted by atomic mass is 32.1. The second-order valence-electron chi connectivity index (χ2n) is 6.91. The summed E-state index contributed by atoms with van der Waals surface area (Å²) in [7, 11) is 1.82. The van der Waals surface area contributed by atoms with Gasteiger partial charge in [-0.15, -0.1) is 11.3 Å². The zero-order valence-electron chi connectivity index (χ0n) is 16.6. The van der Waals surface area contributed by atoms with Crippen molar-refractivity contribution in [2.75, 3.05) is 33.2 Å². The molecule has 27 heavy (non-hydrogen) atoms. The second-order valence-corrected chi connectivity index (χ2v) is 8.11. The van der Waals surface area contributed by atoms with Crippen molar-refractivity contribution >= 4 is 17.3 Å². The van der Waals surface area contributed by atoms with Gasteiger partial charge in [-0.05, 0) is 51.4 Å². The molecule has 0 aromatic carbocycles. The van der Waals surface area contributed by atoms with Crippen LogP contribution in [0.15, 0.2) is 27.7 Å². The summed E-state index contributed by atoms with van der Waals surface area (Å²) in [6, 6.07) is 4.39. The number of aliphatic imine (C=N–C) groups is 1. The van der Waals surface area contributed by atoms with Crippen LogP contribution in [0.2, 0.25) is 0 Å². The van der Waals surface area contributed by atoms with Crippen molar-refractivity contribution in [3.8, 4) is 0 Å². The lowest BCUT2D eigenvalue weighted by molar-refractivity contribution is 0.213. The first-order valence-corrected chi connectivity index (χ1v) is 10.7. The molecule has 1 aliphatic rings. The number of guanidine groups is 1. The number of aryl methyl sites for hydroxylation is 2. The minimum Gasteiger partial charge on any atom is -0.465 e. The van der Waals surface area contributed by atoms with Crippen molar-refractivity contribution in [3.63, 3.8) is 0 Å². The van der Waals surface area contributed by atoms with Gasteiger partial charge in [0.15, 0.2) is 5.96 Å². The lowest BCUT2D eigenvalue weighted by atomic mass is 10.2. The molecular formula is C20H31N5OS. The highest BCUT2D eigenvalue weighted by Crippen LogP contribution is 2.26. The Balaban J connectivity index is 1.51. The molecule has 0 radical (unpaired) electrons. The van der Waals surface area contributed by atoms with Gasteiger partial charge in [0, 0.05) is 37.6 Å². The van der Waals surface area contributed by atoms with Gasteiger partial charge < -0.3 is 15.1 Å². The van der Waals surface area contributed by atoms with Crippen molar-refractivity contribution in [2.24, 2.45) is 4.99 Å². The summed E-state index contributed by atoms with van der Waals surface area (Å²) >= 11 is 1.80. The van der Waals surface area contributed by atoms with Crippen molar-refractivity contribution in [2.45, 2.75) is 45.6 Å². The van der Waals surface area contributed by atoms with Gasteiger partial charge in [0.2, 0.25) is 0 Å². The zero-order chi connectivity index (χ0) is 19.1. The third kappa shape index (κ3) is 5.56. The fraction of sp³-hybridized carbons (Fsp3) is 0.600. The largest absolute Gasteiger partial charge is 0.465 e. The minimum absolute atomic E-state index is 0.242. The molecule has 6 nitrogen and oxygen atoms in total. The minimum atomic E-state index is 0.242. The Morgan fingerprint density at radius 3 is 2.78 bits per heavy atom. The summed E-state index contributed by atoms with van der Waals surface area (Å²) in [5, 5.41) is 8.06. The van der Waals surface area contributed by atoms with E-state index >= 15 is 0 Å². The number of hydrogen-bond donors (Lipinski definition) is 2. The molecule has 1 atom stereocenters. The van der Waals surface area contributed by atoms with Gasteiger partial charge in [0.05, 0.1) is 11.0 Å². The van der Waals surface area contributed by atoms with E-state index in [4.69, 9.17) is 4.42 Å². The Morgan fingerprint density at radius 2 is 2.15 bits per heavy atom. The molecular weight excluding hydrogens is 358 g/mol. The lowest BCUT2D eigenvalue weighted by Gasteiger charge is -2.26. The molecule has 1 fully saturated rings. The number of furan rings is 1. The maximum Gasteiger partial charge on any atom is 0.191 e. The fourth-order valence-corrected chi connectivity index (χ4v) is 4.29. The van der Waals surface area contributed by atoms with E-state index in [0.29, 0.717) is 0 Å². The smallest absolute Gasteiger partial charge is 0.191 e. The van der Waals surface area contributed by atoms with E-state index < -0.39 is 0 Å². The van der Waals surface area contributed by atoms with E-state index in [2.05, 4.69) is 38.5 Å². The lowest BCUT2D eigenvalue weighted by Crippen LogP contribution is -2.43. The predicted molar refractivity (Wildman–Crippen MR) is 112 cm³/mol. The van der Waals surface area contributed by atoms with Gasteiger partial charge in [0.25, 0.3) is 0 Å². The average Bonchev–Trinajstić information content (AvgIpc) is 3.43. The molecule has 7 heteroatoms. The van der Waals surface area contributed by atoms with Crippen LogP contribution in [0, 0.1) is 6.92 Å². The van der Waals surface area contributed by atoms with Crippen LogP contribution in [0.5, 0.6) is 0 Å². The van der Waals surface area contributed by atoms with Crippen LogP contribution in [0.3, 0.4) is 0 Å². The van der Waals surface area contributed by atoms with Crippen LogP contribution in [-0.2, 0) is 12.8 Å². The van der Waals surface area contributed by atoms with Crippen LogP contribution in [0.25, 0.3) is 0 Å². The Hall–Kier alpha value is -1.86. The summed E-state index contributed by atoms with van der Waals surface area (Å²) in [4.78, 5) is 12.7. The Kier molecular flexibility index (Phi) is 7.29. The van der Waals surface area contributed by atoms with Crippen LogP contribution in [0.4, 0.5) is 0 Å². The molecule has 0 amide bonds. The first-order chi connectivity index (χ1) is 13.2. The van der Waals surface area contributed by atoms with Crippen molar-refractivity contribution in [1.82, 2.24) is 20.5 Å². The third-order valence-electron chi connectivity index (χ3n) is 4.94. The first-order valence-electron chi connectivity index (χ1n) is 9.88. The quantitative estimate of drug-likeness (QED) is 0.536. The van der Waals surface area contributed by atoms with Crippen molar-refractivity contribution in [3.05, 3.63) is 39.7 Å². The number of aromatic nitrogens is 1. The standard InChI is InChI=1S/C20H31N5OS/c1-4-16-13-23-19(27-16)9-10-22-20(21-3)24-14-17(25-11-5-6-12-25)18-8-7-15(2)26-18/h7-8,13,17H,4-6,9-12,14H2,1-3H3,(H2,21,22,24). The van der Waals surface area contributed by atoms with Gasteiger partial charge in [0.1, 0.15) is 11.5 Å². The molecule has 0 spiro atoms. The molecule has 1 aliphatic heterocycles. The number of rotatable bonds is 8. The van der Waals surface area contributed by atoms with Crippen LogP contribution >= 0.6 is 11.3 Å². The van der Waals surface area contributed by atoms with E-state index in [9.17, 15) is 0 Å². The Bertz CT molecular complexity index is 732. The van der Waals surface area contributed by atoms with Gasteiger partial charge in [-0.2, -0.15) is 0 Å².